The number of aliphatic imine (C=N–C) groups is 1. The fourth-order valence-electron chi connectivity index (χ4n) is 1.78. The van der Waals surface area contributed by atoms with Crippen molar-refractivity contribution in [2.45, 2.75) is 0 Å². The lowest BCUT2D eigenvalue weighted by Crippen LogP contribution is -1.92. The SMILES string of the molecule is C=Nc1ncc(-c2cnn(C)c2)n2ccnc12. The summed E-state index contributed by atoms with van der Waals surface area (Å²) in [4.78, 5) is 12.3. The molecule has 0 aliphatic carbocycles. The first-order valence-electron chi connectivity index (χ1n) is 5.07. The molecular formula is C11H10N6. The Balaban J connectivity index is 2.31. The molecule has 0 atom stereocenters. The molecule has 0 saturated heterocycles. The molecule has 0 aromatic carbocycles. The number of fused-ring (bicyclic) bond motifs is 1. The molecule has 0 unspecified atom stereocenters. The van der Waals surface area contributed by atoms with Gasteiger partial charge in [0.15, 0.2) is 11.5 Å². The topological polar surface area (TPSA) is 60.4 Å². The van der Waals surface area contributed by atoms with Crippen LogP contribution in [0.3, 0.4) is 0 Å². The molecule has 6 heteroatoms. The van der Waals surface area contributed by atoms with E-state index in [1.54, 1.807) is 23.3 Å². The van der Waals surface area contributed by atoms with Crippen molar-refractivity contribution in [3.63, 3.8) is 0 Å². The molecular weight excluding hydrogens is 216 g/mol. The van der Waals surface area contributed by atoms with Crippen LogP contribution in [0, 0.1) is 0 Å². The van der Waals surface area contributed by atoms with Crippen LogP contribution >= 0.6 is 0 Å². The molecule has 3 rings (SSSR count). The Labute approximate surface area is 97.3 Å². The van der Waals surface area contributed by atoms with Crippen LogP contribution in [0.5, 0.6) is 0 Å². The first kappa shape index (κ1) is 9.71. The van der Waals surface area contributed by atoms with Gasteiger partial charge in [0.05, 0.1) is 18.1 Å². The van der Waals surface area contributed by atoms with E-state index in [-0.39, 0.29) is 0 Å². The van der Waals surface area contributed by atoms with E-state index in [0.717, 1.165) is 11.3 Å². The van der Waals surface area contributed by atoms with Crippen molar-refractivity contribution in [3.05, 3.63) is 31.0 Å². The molecule has 3 aromatic heterocycles. The second kappa shape index (κ2) is 3.51. The molecule has 6 nitrogen and oxygen atoms in total. The van der Waals surface area contributed by atoms with E-state index in [1.807, 2.05) is 23.8 Å². The van der Waals surface area contributed by atoms with E-state index in [2.05, 4.69) is 26.8 Å². The average molecular weight is 226 g/mol. The van der Waals surface area contributed by atoms with E-state index in [1.165, 1.54) is 0 Å². The minimum Gasteiger partial charge on any atom is -0.295 e. The fourth-order valence-corrected chi connectivity index (χ4v) is 1.78. The predicted octanol–water partition coefficient (Wildman–Crippen LogP) is 1.46. The largest absolute Gasteiger partial charge is 0.295 e. The summed E-state index contributed by atoms with van der Waals surface area (Å²) in [6.07, 6.45) is 9.05. The lowest BCUT2D eigenvalue weighted by Gasteiger charge is -2.03. The van der Waals surface area contributed by atoms with Gasteiger partial charge in [-0.3, -0.25) is 9.08 Å². The molecule has 0 spiro atoms. The summed E-state index contributed by atoms with van der Waals surface area (Å²) in [5.41, 5.74) is 2.61. The van der Waals surface area contributed by atoms with E-state index in [4.69, 9.17) is 0 Å². The highest BCUT2D eigenvalue weighted by molar-refractivity contribution is 5.68. The van der Waals surface area contributed by atoms with Crippen molar-refractivity contribution in [1.29, 1.82) is 0 Å². The summed E-state index contributed by atoms with van der Waals surface area (Å²) in [7, 11) is 1.88. The second-order valence-electron chi connectivity index (χ2n) is 3.65. The lowest BCUT2D eigenvalue weighted by molar-refractivity contribution is 0.768. The molecule has 0 aliphatic heterocycles. The van der Waals surface area contributed by atoms with Gasteiger partial charge in [0.1, 0.15) is 0 Å². The van der Waals surface area contributed by atoms with E-state index < -0.39 is 0 Å². The molecule has 3 heterocycles. The van der Waals surface area contributed by atoms with Crippen LogP contribution in [-0.2, 0) is 7.05 Å². The Kier molecular flexibility index (Phi) is 2.01. The van der Waals surface area contributed by atoms with Gasteiger partial charge in [0, 0.05) is 31.2 Å². The lowest BCUT2D eigenvalue weighted by atomic mass is 10.2. The number of hydrogen-bond acceptors (Lipinski definition) is 4. The standard InChI is InChI=1S/C11H10N6/c1-12-10-11-13-3-4-17(11)9(6-14-10)8-5-15-16(2)7-8/h3-7H,1H2,2H3. The molecule has 0 bridgehead atoms. The summed E-state index contributed by atoms with van der Waals surface area (Å²) in [5, 5.41) is 4.15. The molecule has 0 amide bonds. The number of aromatic nitrogens is 5. The third kappa shape index (κ3) is 1.42. The molecule has 0 fully saturated rings. The highest BCUT2D eigenvalue weighted by Gasteiger charge is 2.09. The zero-order valence-corrected chi connectivity index (χ0v) is 9.28. The average Bonchev–Trinajstić information content (AvgIpc) is 2.96. The number of nitrogens with zero attached hydrogens (tertiary/aromatic N) is 6. The maximum Gasteiger partial charge on any atom is 0.195 e. The fraction of sp³-hybridized carbons (Fsp3) is 0.0909. The minimum absolute atomic E-state index is 0.530. The Morgan fingerprint density at radius 3 is 2.88 bits per heavy atom. The van der Waals surface area contributed by atoms with Gasteiger partial charge in [-0.2, -0.15) is 5.10 Å². The molecule has 17 heavy (non-hydrogen) atoms. The van der Waals surface area contributed by atoms with Crippen molar-refractivity contribution in [1.82, 2.24) is 24.1 Å². The van der Waals surface area contributed by atoms with Crippen molar-refractivity contribution >= 4 is 18.2 Å². The highest BCUT2D eigenvalue weighted by Crippen LogP contribution is 2.23. The quantitative estimate of drug-likeness (QED) is 0.621. The van der Waals surface area contributed by atoms with Gasteiger partial charge in [0.25, 0.3) is 0 Å². The second-order valence-corrected chi connectivity index (χ2v) is 3.65. The molecule has 0 N–H and O–H groups in total. The summed E-state index contributed by atoms with van der Waals surface area (Å²) in [5.74, 6) is 0.530. The molecule has 0 radical (unpaired) electrons. The number of hydrogen-bond donors (Lipinski definition) is 0. The summed E-state index contributed by atoms with van der Waals surface area (Å²) in [6.45, 7) is 3.48. The van der Waals surface area contributed by atoms with Crippen LogP contribution in [0.1, 0.15) is 0 Å². The normalized spacial score (nSPS) is 10.9. The maximum absolute atomic E-state index is 4.23. The number of rotatable bonds is 2. The van der Waals surface area contributed by atoms with Crippen LogP contribution in [0.4, 0.5) is 5.82 Å². The van der Waals surface area contributed by atoms with Gasteiger partial charge in [-0.1, -0.05) is 0 Å². The predicted molar refractivity (Wildman–Crippen MR) is 64.4 cm³/mol. The van der Waals surface area contributed by atoms with Crippen LogP contribution in [0.2, 0.25) is 0 Å². The van der Waals surface area contributed by atoms with Gasteiger partial charge >= 0.3 is 0 Å². The molecule has 3 aromatic rings. The first-order chi connectivity index (χ1) is 8.29. The number of imidazole rings is 1. The third-order valence-corrected chi connectivity index (χ3v) is 2.56. The Morgan fingerprint density at radius 2 is 2.18 bits per heavy atom. The van der Waals surface area contributed by atoms with E-state index in [0.29, 0.717) is 11.5 Å². The van der Waals surface area contributed by atoms with Gasteiger partial charge in [-0.05, 0) is 6.72 Å². The smallest absolute Gasteiger partial charge is 0.195 e. The monoisotopic (exact) mass is 226 g/mol. The van der Waals surface area contributed by atoms with Crippen molar-refractivity contribution < 1.29 is 0 Å². The summed E-state index contributed by atoms with van der Waals surface area (Å²) < 4.78 is 3.67. The van der Waals surface area contributed by atoms with E-state index in [9.17, 15) is 0 Å². The Morgan fingerprint density at radius 1 is 1.29 bits per heavy atom. The Bertz CT molecular complexity index is 693. The summed E-state index contributed by atoms with van der Waals surface area (Å²) in [6, 6.07) is 0. The molecule has 84 valence electrons. The Hall–Kier alpha value is -2.50. The van der Waals surface area contributed by atoms with Crippen LogP contribution < -0.4 is 0 Å². The van der Waals surface area contributed by atoms with Gasteiger partial charge < -0.3 is 0 Å². The summed E-state index contributed by atoms with van der Waals surface area (Å²) >= 11 is 0. The van der Waals surface area contributed by atoms with Crippen LogP contribution in [-0.4, -0.2) is 30.9 Å². The van der Waals surface area contributed by atoms with Gasteiger partial charge in [-0.15, -0.1) is 0 Å². The zero-order chi connectivity index (χ0) is 11.8. The van der Waals surface area contributed by atoms with Gasteiger partial charge in [-0.25, -0.2) is 15.0 Å². The number of aryl methyl sites for hydroxylation is 1. The maximum atomic E-state index is 4.23. The first-order valence-corrected chi connectivity index (χ1v) is 5.07. The third-order valence-electron chi connectivity index (χ3n) is 2.56. The van der Waals surface area contributed by atoms with Crippen LogP contribution in [0.15, 0.2) is 36.0 Å². The van der Waals surface area contributed by atoms with Gasteiger partial charge in [0.2, 0.25) is 0 Å². The minimum atomic E-state index is 0.530. The van der Waals surface area contributed by atoms with Crippen molar-refractivity contribution in [3.8, 4) is 11.3 Å². The highest BCUT2D eigenvalue weighted by atomic mass is 15.2. The molecule has 0 aliphatic rings. The van der Waals surface area contributed by atoms with Crippen LogP contribution in [0.25, 0.3) is 16.9 Å². The molecule has 0 saturated carbocycles. The van der Waals surface area contributed by atoms with Crippen molar-refractivity contribution in [2.24, 2.45) is 12.0 Å². The zero-order valence-electron chi connectivity index (χ0n) is 9.28. The van der Waals surface area contributed by atoms with Crippen molar-refractivity contribution in [2.75, 3.05) is 0 Å². The van der Waals surface area contributed by atoms with E-state index >= 15 is 0 Å².